The molecule has 0 aliphatic carbocycles. The van der Waals surface area contributed by atoms with E-state index in [0.29, 0.717) is 18.7 Å². The normalized spacial score (nSPS) is 10.5. The molecule has 0 saturated carbocycles. The first-order valence-electron chi connectivity index (χ1n) is 5.01. The van der Waals surface area contributed by atoms with E-state index >= 15 is 0 Å². The van der Waals surface area contributed by atoms with Crippen molar-refractivity contribution in [3.8, 4) is 0 Å². The topological polar surface area (TPSA) is 50.9 Å². The van der Waals surface area contributed by atoms with Gasteiger partial charge in [-0.3, -0.25) is 0 Å². The van der Waals surface area contributed by atoms with Crippen LogP contribution in [0.15, 0.2) is 28.9 Å². The molecule has 0 saturated heterocycles. The fraction of sp³-hybridized carbons (Fsp3) is 0.182. The van der Waals surface area contributed by atoms with Crippen molar-refractivity contribution in [2.75, 3.05) is 5.32 Å². The first-order valence-corrected chi connectivity index (χ1v) is 6.62. The highest BCUT2D eigenvalue weighted by molar-refractivity contribution is 9.10. The number of halogens is 2. The van der Waals surface area contributed by atoms with Gasteiger partial charge in [-0.25, -0.2) is 9.37 Å². The third-order valence-corrected chi connectivity index (χ3v) is 3.66. The van der Waals surface area contributed by atoms with Crippen molar-refractivity contribution in [3.05, 3.63) is 45.1 Å². The van der Waals surface area contributed by atoms with E-state index in [-0.39, 0.29) is 5.82 Å². The molecule has 0 atom stereocenters. The summed E-state index contributed by atoms with van der Waals surface area (Å²) in [4.78, 5) is 5.15. The van der Waals surface area contributed by atoms with Gasteiger partial charge in [-0.2, -0.15) is 0 Å². The lowest BCUT2D eigenvalue weighted by Gasteiger charge is -2.04. The highest BCUT2D eigenvalue weighted by Crippen LogP contribution is 2.20. The SMILES string of the molecule is NCc1cnc(NCc2cc(Br)ccc2F)s1. The van der Waals surface area contributed by atoms with E-state index in [2.05, 4.69) is 26.2 Å². The Kier molecular flexibility index (Phi) is 4.09. The van der Waals surface area contributed by atoms with Crippen molar-refractivity contribution in [1.82, 2.24) is 4.98 Å². The monoisotopic (exact) mass is 315 g/mol. The Labute approximate surface area is 111 Å². The van der Waals surface area contributed by atoms with Crippen LogP contribution in [0.4, 0.5) is 9.52 Å². The molecule has 0 aliphatic rings. The number of hydrogen-bond donors (Lipinski definition) is 2. The standard InChI is InChI=1S/C11H11BrFN3S/c12-8-1-2-10(13)7(3-8)5-15-11-16-6-9(4-14)17-11/h1-3,6H,4-5,14H2,(H,15,16). The van der Waals surface area contributed by atoms with Gasteiger partial charge < -0.3 is 11.1 Å². The van der Waals surface area contributed by atoms with Crippen molar-refractivity contribution in [2.24, 2.45) is 5.73 Å². The van der Waals surface area contributed by atoms with Gasteiger partial charge in [0.25, 0.3) is 0 Å². The highest BCUT2D eigenvalue weighted by Gasteiger charge is 2.04. The zero-order valence-corrected chi connectivity index (χ0v) is 11.3. The van der Waals surface area contributed by atoms with Crippen LogP contribution >= 0.6 is 27.3 Å². The number of nitrogens with zero attached hydrogens (tertiary/aromatic N) is 1. The fourth-order valence-electron chi connectivity index (χ4n) is 1.33. The van der Waals surface area contributed by atoms with Crippen LogP contribution in [0, 0.1) is 5.82 Å². The Morgan fingerprint density at radius 1 is 1.47 bits per heavy atom. The van der Waals surface area contributed by atoms with Gasteiger partial charge >= 0.3 is 0 Å². The summed E-state index contributed by atoms with van der Waals surface area (Å²) in [7, 11) is 0. The molecule has 2 rings (SSSR count). The number of nitrogens with two attached hydrogens (primary N) is 1. The maximum absolute atomic E-state index is 13.4. The summed E-state index contributed by atoms with van der Waals surface area (Å²) in [5.41, 5.74) is 6.09. The van der Waals surface area contributed by atoms with Crippen LogP contribution in [0.2, 0.25) is 0 Å². The largest absolute Gasteiger partial charge is 0.357 e. The van der Waals surface area contributed by atoms with Crippen molar-refractivity contribution >= 4 is 32.4 Å². The van der Waals surface area contributed by atoms with Gasteiger partial charge in [0, 0.05) is 34.2 Å². The maximum Gasteiger partial charge on any atom is 0.183 e. The lowest BCUT2D eigenvalue weighted by Crippen LogP contribution is -2.01. The average Bonchev–Trinajstić information content (AvgIpc) is 2.78. The van der Waals surface area contributed by atoms with Gasteiger partial charge in [-0.05, 0) is 18.2 Å². The van der Waals surface area contributed by atoms with E-state index in [1.807, 2.05) is 0 Å². The summed E-state index contributed by atoms with van der Waals surface area (Å²) in [6.07, 6.45) is 1.73. The smallest absolute Gasteiger partial charge is 0.183 e. The van der Waals surface area contributed by atoms with Gasteiger partial charge in [-0.15, -0.1) is 11.3 Å². The molecular weight excluding hydrogens is 305 g/mol. The van der Waals surface area contributed by atoms with E-state index in [9.17, 15) is 4.39 Å². The Balaban J connectivity index is 2.04. The highest BCUT2D eigenvalue weighted by atomic mass is 79.9. The Hall–Kier alpha value is -0.980. The molecule has 1 aromatic heterocycles. The maximum atomic E-state index is 13.4. The number of hydrogen-bond acceptors (Lipinski definition) is 4. The molecular formula is C11H11BrFN3S. The molecule has 0 amide bonds. The van der Waals surface area contributed by atoms with Gasteiger partial charge in [0.2, 0.25) is 0 Å². The number of nitrogens with one attached hydrogen (secondary N) is 1. The fourth-order valence-corrected chi connectivity index (χ4v) is 2.43. The minimum atomic E-state index is -0.226. The number of aromatic nitrogens is 1. The minimum Gasteiger partial charge on any atom is -0.357 e. The molecule has 17 heavy (non-hydrogen) atoms. The third-order valence-electron chi connectivity index (χ3n) is 2.19. The first kappa shape index (κ1) is 12.5. The predicted molar refractivity (Wildman–Crippen MR) is 71.4 cm³/mol. The van der Waals surface area contributed by atoms with Crippen LogP contribution in [0.3, 0.4) is 0 Å². The van der Waals surface area contributed by atoms with Crippen LogP contribution in [-0.4, -0.2) is 4.98 Å². The molecule has 0 unspecified atom stereocenters. The van der Waals surface area contributed by atoms with Crippen LogP contribution in [-0.2, 0) is 13.1 Å². The van der Waals surface area contributed by atoms with E-state index in [1.165, 1.54) is 17.4 Å². The van der Waals surface area contributed by atoms with E-state index in [0.717, 1.165) is 14.5 Å². The molecule has 3 nitrogen and oxygen atoms in total. The van der Waals surface area contributed by atoms with Crippen molar-refractivity contribution in [2.45, 2.75) is 13.1 Å². The second-order valence-corrected chi connectivity index (χ2v) is 5.46. The summed E-state index contributed by atoms with van der Waals surface area (Å²) in [5, 5.41) is 3.83. The lowest BCUT2D eigenvalue weighted by atomic mass is 10.2. The van der Waals surface area contributed by atoms with Gasteiger partial charge in [0.1, 0.15) is 5.82 Å². The summed E-state index contributed by atoms with van der Waals surface area (Å²) in [6.45, 7) is 0.882. The van der Waals surface area contributed by atoms with Crippen molar-refractivity contribution in [1.29, 1.82) is 0 Å². The number of benzene rings is 1. The molecule has 0 fully saturated rings. The molecule has 2 aromatic rings. The van der Waals surface area contributed by atoms with Crippen LogP contribution in [0.5, 0.6) is 0 Å². The third kappa shape index (κ3) is 3.24. The van der Waals surface area contributed by atoms with Crippen molar-refractivity contribution in [3.63, 3.8) is 0 Å². The lowest BCUT2D eigenvalue weighted by molar-refractivity contribution is 0.612. The Morgan fingerprint density at radius 2 is 2.29 bits per heavy atom. The second kappa shape index (κ2) is 5.57. The summed E-state index contributed by atoms with van der Waals surface area (Å²) >= 11 is 4.79. The van der Waals surface area contributed by atoms with Crippen LogP contribution in [0.1, 0.15) is 10.4 Å². The quantitative estimate of drug-likeness (QED) is 0.911. The first-order chi connectivity index (χ1) is 8.19. The van der Waals surface area contributed by atoms with E-state index in [1.54, 1.807) is 18.3 Å². The molecule has 1 heterocycles. The van der Waals surface area contributed by atoms with Gasteiger partial charge in [-0.1, -0.05) is 15.9 Å². The average molecular weight is 316 g/mol. The molecule has 90 valence electrons. The summed E-state index contributed by atoms with van der Waals surface area (Å²) in [5.74, 6) is -0.226. The van der Waals surface area contributed by atoms with Gasteiger partial charge in [0.15, 0.2) is 5.13 Å². The van der Waals surface area contributed by atoms with Crippen molar-refractivity contribution < 1.29 is 4.39 Å². The number of rotatable bonds is 4. The predicted octanol–water partition coefficient (Wildman–Crippen LogP) is 3.12. The molecule has 0 radical (unpaired) electrons. The molecule has 0 aliphatic heterocycles. The van der Waals surface area contributed by atoms with Crippen LogP contribution in [0.25, 0.3) is 0 Å². The molecule has 0 spiro atoms. The number of thiazole rings is 1. The second-order valence-electron chi connectivity index (χ2n) is 3.43. The Bertz CT molecular complexity index is 515. The van der Waals surface area contributed by atoms with Crippen LogP contribution < -0.4 is 11.1 Å². The molecule has 3 N–H and O–H groups in total. The van der Waals surface area contributed by atoms with E-state index in [4.69, 9.17) is 5.73 Å². The zero-order chi connectivity index (χ0) is 12.3. The van der Waals surface area contributed by atoms with Gasteiger partial charge in [0.05, 0.1) is 0 Å². The summed E-state index contributed by atoms with van der Waals surface area (Å²) in [6, 6.07) is 4.86. The van der Waals surface area contributed by atoms with E-state index < -0.39 is 0 Å². The zero-order valence-electron chi connectivity index (χ0n) is 8.91. The minimum absolute atomic E-state index is 0.226. The molecule has 1 aromatic carbocycles. The molecule has 6 heteroatoms. The number of anilines is 1. The summed E-state index contributed by atoms with van der Waals surface area (Å²) < 4.78 is 14.3. The Morgan fingerprint density at radius 3 is 3.00 bits per heavy atom. The molecule has 0 bridgehead atoms.